The molecule has 0 aromatic carbocycles. The van der Waals surface area contributed by atoms with Crippen molar-refractivity contribution in [1.29, 1.82) is 0 Å². The Hall–Kier alpha value is -0.410. The quantitative estimate of drug-likeness (QED) is 0.531. The molecule has 1 heterocycles. The van der Waals surface area contributed by atoms with Crippen LogP contribution < -0.4 is 0 Å². The van der Waals surface area contributed by atoms with Gasteiger partial charge in [0.15, 0.2) is 5.78 Å². The first-order chi connectivity index (χ1) is 4.72. The smallest absolute Gasteiger partial charge is 0.163 e. The fourth-order valence-corrected chi connectivity index (χ4v) is 0.571. The van der Waals surface area contributed by atoms with Crippen molar-refractivity contribution in [2.75, 3.05) is 19.8 Å². The van der Waals surface area contributed by atoms with Crippen molar-refractivity contribution in [2.45, 2.75) is 13.8 Å². The Kier molecular flexibility index (Phi) is 5.16. The summed E-state index contributed by atoms with van der Waals surface area (Å²) in [6, 6.07) is 0. The summed E-state index contributed by atoms with van der Waals surface area (Å²) in [5.74, 6) is 0.389. The summed E-state index contributed by atoms with van der Waals surface area (Å²) in [5, 5.41) is 7.57. The second-order valence-corrected chi connectivity index (χ2v) is 2.20. The normalized spacial score (nSPS) is 23.9. The van der Waals surface area contributed by atoms with E-state index in [4.69, 9.17) is 9.84 Å². The van der Waals surface area contributed by atoms with Crippen LogP contribution in [-0.4, -0.2) is 30.7 Å². The average Bonchev–Trinajstić information content (AvgIpc) is 2.19. The van der Waals surface area contributed by atoms with Gasteiger partial charge in [-0.3, -0.25) is 4.79 Å². The summed E-state index contributed by atoms with van der Waals surface area (Å²) in [6.07, 6.45) is 0. The molecule has 1 fully saturated rings. The maximum atomic E-state index is 10.4. The van der Waals surface area contributed by atoms with Crippen molar-refractivity contribution in [1.82, 2.24) is 0 Å². The molecule has 0 bridgehead atoms. The number of Topliss-reactive ketones (excluding diaryl/α,β-unsaturated/α-hetero) is 1. The summed E-state index contributed by atoms with van der Waals surface area (Å²) < 4.78 is 4.82. The molecule has 3 nitrogen and oxygen atoms in total. The Morgan fingerprint density at radius 3 is 2.40 bits per heavy atom. The average molecular weight is 146 g/mol. The number of hydrogen-bond donors (Lipinski definition) is 1. The van der Waals surface area contributed by atoms with Gasteiger partial charge in [-0.2, -0.15) is 0 Å². The van der Waals surface area contributed by atoms with Crippen LogP contribution in [-0.2, 0) is 9.53 Å². The molecule has 0 aromatic rings. The Bertz CT molecular complexity index is 101. The van der Waals surface area contributed by atoms with Crippen LogP contribution in [0.5, 0.6) is 0 Å². The number of carbonyl (C=O) groups is 1. The predicted octanol–water partition coefficient (Wildman–Crippen LogP) is 0.220. The van der Waals surface area contributed by atoms with Gasteiger partial charge in [-0.05, 0) is 6.92 Å². The molecule has 1 N–H and O–H groups in total. The third-order valence-electron chi connectivity index (χ3n) is 1.16. The Morgan fingerprint density at radius 2 is 2.30 bits per heavy atom. The van der Waals surface area contributed by atoms with Crippen molar-refractivity contribution in [3.05, 3.63) is 0 Å². The lowest BCUT2D eigenvalue weighted by Crippen LogP contribution is -2.04. The monoisotopic (exact) mass is 146 g/mol. The van der Waals surface area contributed by atoms with E-state index in [9.17, 15) is 4.79 Å². The highest BCUT2D eigenvalue weighted by Crippen LogP contribution is 2.05. The van der Waals surface area contributed by atoms with E-state index in [0.717, 1.165) is 0 Å². The zero-order valence-electron chi connectivity index (χ0n) is 6.46. The summed E-state index contributed by atoms with van der Waals surface area (Å²) in [7, 11) is 0. The van der Waals surface area contributed by atoms with E-state index in [2.05, 4.69) is 0 Å². The van der Waals surface area contributed by atoms with Gasteiger partial charge in [0, 0.05) is 12.5 Å². The summed E-state index contributed by atoms with van der Waals surface area (Å²) in [5.41, 5.74) is 0. The number of ketones is 1. The highest BCUT2D eigenvalue weighted by Gasteiger charge is 2.19. The first-order valence-corrected chi connectivity index (χ1v) is 3.43. The SMILES string of the molecule is CC1COCC1=O.CCO. The Balaban J connectivity index is 0.000000236. The lowest BCUT2D eigenvalue weighted by Gasteiger charge is -1.88. The van der Waals surface area contributed by atoms with Gasteiger partial charge in [0.25, 0.3) is 0 Å². The lowest BCUT2D eigenvalue weighted by molar-refractivity contribution is -0.120. The molecule has 1 saturated heterocycles. The minimum atomic E-state index is 0.153. The first-order valence-electron chi connectivity index (χ1n) is 3.43. The molecular weight excluding hydrogens is 132 g/mol. The molecule has 1 aliphatic heterocycles. The molecule has 1 aliphatic rings. The van der Waals surface area contributed by atoms with Crippen LogP contribution in [0.15, 0.2) is 0 Å². The van der Waals surface area contributed by atoms with E-state index >= 15 is 0 Å². The largest absolute Gasteiger partial charge is 0.397 e. The van der Waals surface area contributed by atoms with E-state index in [-0.39, 0.29) is 18.3 Å². The zero-order valence-corrected chi connectivity index (χ0v) is 6.46. The van der Waals surface area contributed by atoms with Gasteiger partial charge >= 0.3 is 0 Å². The van der Waals surface area contributed by atoms with Crippen LogP contribution >= 0.6 is 0 Å². The fraction of sp³-hybridized carbons (Fsp3) is 0.857. The van der Waals surface area contributed by atoms with Gasteiger partial charge in [-0.15, -0.1) is 0 Å². The molecule has 10 heavy (non-hydrogen) atoms. The Labute approximate surface area is 61.0 Å². The molecule has 0 aromatic heterocycles. The fourth-order valence-electron chi connectivity index (χ4n) is 0.571. The lowest BCUT2D eigenvalue weighted by atomic mass is 10.1. The van der Waals surface area contributed by atoms with Crippen LogP contribution in [0.4, 0.5) is 0 Å². The minimum absolute atomic E-state index is 0.153. The van der Waals surface area contributed by atoms with Crippen molar-refractivity contribution < 1.29 is 14.6 Å². The second-order valence-electron chi connectivity index (χ2n) is 2.20. The predicted molar refractivity (Wildman–Crippen MR) is 37.7 cm³/mol. The van der Waals surface area contributed by atoms with Crippen LogP contribution in [0.1, 0.15) is 13.8 Å². The maximum Gasteiger partial charge on any atom is 0.163 e. The van der Waals surface area contributed by atoms with E-state index in [1.54, 1.807) is 6.92 Å². The van der Waals surface area contributed by atoms with Gasteiger partial charge in [-0.25, -0.2) is 0 Å². The standard InChI is InChI=1S/C5H8O2.C2H6O/c1-4-2-7-3-5(4)6;1-2-3/h4H,2-3H2,1H3;3H,2H2,1H3. The molecule has 0 radical (unpaired) electrons. The van der Waals surface area contributed by atoms with Gasteiger partial charge in [0.2, 0.25) is 0 Å². The second kappa shape index (κ2) is 5.38. The molecule has 3 heteroatoms. The molecule has 1 atom stereocenters. The molecule has 1 unspecified atom stereocenters. The first kappa shape index (κ1) is 9.59. The molecule has 0 amide bonds. The number of hydrogen-bond acceptors (Lipinski definition) is 3. The molecule has 60 valence electrons. The number of ether oxygens (including phenoxy) is 1. The number of carbonyl (C=O) groups excluding carboxylic acids is 1. The Morgan fingerprint density at radius 1 is 1.80 bits per heavy atom. The summed E-state index contributed by atoms with van der Waals surface area (Å²) >= 11 is 0. The molecule has 1 rings (SSSR count). The van der Waals surface area contributed by atoms with Gasteiger partial charge in [-0.1, -0.05) is 6.92 Å². The highest BCUT2D eigenvalue weighted by atomic mass is 16.5. The third kappa shape index (κ3) is 3.58. The van der Waals surface area contributed by atoms with Crippen LogP contribution in [0.25, 0.3) is 0 Å². The van der Waals surface area contributed by atoms with E-state index in [1.807, 2.05) is 6.92 Å². The number of aliphatic hydroxyl groups excluding tert-OH is 1. The van der Waals surface area contributed by atoms with E-state index in [1.165, 1.54) is 0 Å². The van der Waals surface area contributed by atoms with Crippen molar-refractivity contribution in [3.8, 4) is 0 Å². The van der Waals surface area contributed by atoms with Crippen molar-refractivity contribution >= 4 is 5.78 Å². The zero-order chi connectivity index (χ0) is 7.98. The number of aliphatic hydroxyl groups is 1. The van der Waals surface area contributed by atoms with Gasteiger partial charge in [0.05, 0.1) is 6.61 Å². The van der Waals surface area contributed by atoms with Crippen molar-refractivity contribution in [3.63, 3.8) is 0 Å². The highest BCUT2D eigenvalue weighted by molar-refractivity contribution is 5.83. The minimum Gasteiger partial charge on any atom is -0.397 e. The third-order valence-corrected chi connectivity index (χ3v) is 1.16. The van der Waals surface area contributed by atoms with Gasteiger partial charge < -0.3 is 9.84 Å². The van der Waals surface area contributed by atoms with Gasteiger partial charge in [0.1, 0.15) is 6.61 Å². The topological polar surface area (TPSA) is 46.5 Å². The van der Waals surface area contributed by atoms with Crippen LogP contribution in [0.3, 0.4) is 0 Å². The summed E-state index contributed by atoms with van der Waals surface area (Å²) in [6.45, 7) is 4.77. The molecular formula is C7H14O3. The molecule has 0 saturated carbocycles. The maximum absolute atomic E-state index is 10.4. The molecule has 0 spiro atoms. The van der Waals surface area contributed by atoms with Crippen LogP contribution in [0, 0.1) is 5.92 Å². The van der Waals surface area contributed by atoms with Crippen LogP contribution in [0.2, 0.25) is 0 Å². The van der Waals surface area contributed by atoms with Crippen molar-refractivity contribution in [2.24, 2.45) is 5.92 Å². The van der Waals surface area contributed by atoms with E-state index in [0.29, 0.717) is 13.2 Å². The number of rotatable bonds is 0. The molecule has 0 aliphatic carbocycles. The van der Waals surface area contributed by atoms with E-state index < -0.39 is 0 Å². The summed E-state index contributed by atoms with van der Waals surface area (Å²) in [4.78, 5) is 10.4.